The predicted octanol–water partition coefficient (Wildman–Crippen LogP) is 6.54. The van der Waals surface area contributed by atoms with Crippen LogP contribution in [0.15, 0.2) is 58.5 Å². The molecule has 2 heterocycles. The lowest BCUT2D eigenvalue weighted by molar-refractivity contribution is 0.820. The van der Waals surface area contributed by atoms with Gasteiger partial charge in [0.25, 0.3) is 5.56 Å². The summed E-state index contributed by atoms with van der Waals surface area (Å²) in [5, 5.41) is 2.81. The van der Waals surface area contributed by atoms with Gasteiger partial charge in [0, 0.05) is 20.7 Å². The lowest BCUT2D eigenvalue weighted by Gasteiger charge is -2.13. The van der Waals surface area contributed by atoms with Crippen LogP contribution < -0.4 is 5.56 Å². The number of hydrogen-bond acceptors (Lipinski definition) is 4. The summed E-state index contributed by atoms with van der Waals surface area (Å²) < 4.78 is 1.72. The van der Waals surface area contributed by atoms with Crippen LogP contribution in [-0.4, -0.2) is 9.55 Å². The van der Waals surface area contributed by atoms with Crippen molar-refractivity contribution < 1.29 is 0 Å². The van der Waals surface area contributed by atoms with Crippen molar-refractivity contribution in [3.63, 3.8) is 0 Å². The van der Waals surface area contributed by atoms with Crippen LogP contribution in [0.25, 0.3) is 15.9 Å². The van der Waals surface area contributed by atoms with E-state index >= 15 is 0 Å². The molecule has 2 aromatic heterocycles. The summed E-state index contributed by atoms with van der Waals surface area (Å²) in [6.07, 6.45) is 3.12. The second-order valence-electron chi connectivity index (χ2n) is 6.97. The number of benzene rings is 2. The second kappa shape index (κ2) is 7.80. The maximum absolute atomic E-state index is 13.6. The van der Waals surface area contributed by atoms with Gasteiger partial charge >= 0.3 is 0 Å². The first kappa shape index (κ1) is 19.2. The topological polar surface area (TPSA) is 34.9 Å². The molecule has 0 N–H and O–H groups in total. The van der Waals surface area contributed by atoms with Crippen molar-refractivity contribution >= 4 is 56.5 Å². The first-order chi connectivity index (χ1) is 14.1. The molecule has 146 valence electrons. The zero-order valence-corrected chi connectivity index (χ0v) is 18.5. The van der Waals surface area contributed by atoms with Gasteiger partial charge in [-0.05, 0) is 66.8 Å². The van der Waals surface area contributed by atoms with Gasteiger partial charge in [0.2, 0.25) is 0 Å². The minimum absolute atomic E-state index is 0.00492. The summed E-state index contributed by atoms with van der Waals surface area (Å²) in [6.45, 7) is 0. The van der Waals surface area contributed by atoms with Crippen LogP contribution in [0.4, 0.5) is 0 Å². The molecule has 0 fully saturated rings. The standard InChI is InChI=1S/C22H16Cl2N2OS2/c23-14-7-9-16(10-8-14)26-21(27)19-17-5-2-6-18(17)29-20(19)25-22(26)28-12-13-3-1-4-15(24)11-13/h1,3-4,7-11H,2,5-6,12H2. The van der Waals surface area contributed by atoms with E-state index in [2.05, 4.69) is 0 Å². The Labute approximate surface area is 186 Å². The third-order valence-electron chi connectivity index (χ3n) is 5.05. The van der Waals surface area contributed by atoms with Crippen molar-refractivity contribution in [3.8, 4) is 5.69 Å². The van der Waals surface area contributed by atoms with Crippen LogP contribution in [0.1, 0.15) is 22.4 Å². The van der Waals surface area contributed by atoms with Gasteiger partial charge in [0.05, 0.1) is 11.1 Å². The van der Waals surface area contributed by atoms with E-state index in [1.807, 2.05) is 36.4 Å². The van der Waals surface area contributed by atoms with E-state index < -0.39 is 0 Å². The van der Waals surface area contributed by atoms with E-state index in [0.29, 0.717) is 21.0 Å². The fourth-order valence-corrected chi connectivity index (χ4v) is 6.31. The van der Waals surface area contributed by atoms with Crippen molar-refractivity contribution in [3.05, 3.63) is 84.9 Å². The summed E-state index contributed by atoms with van der Waals surface area (Å²) in [7, 11) is 0. The molecule has 0 bridgehead atoms. The number of hydrogen-bond donors (Lipinski definition) is 0. The molecule has 0 amide bonds. The highest BCUT2D eigenvalue weighted by molar-refractivity contribution is 7.98. The molecule has 29 heavy (non-hydrogen) atoms. The van der Waals surface area contributed by atoms with Gasteiger partial charge in [0.1, 0.15) is 4.83 Å². The average molecular weight is 459 g/mol. The quantitative estimate of drug-likeness (QED) is 0.257. The van der Waals surface area contributed by atoms with E-state index in [9.17, 15) is 4.79 Å². The van der Waals surface area contributed by atoms with E-state index in [0.717, 1.165) is 40.7 Å². The Bertz CT molecular complexity index is 1280. The smallest absolute Gasteiger partial charge is 0.267 e. The van der Waals surface area contributed by atoms with E-state index in [-0.39, 0.29) is 5.56 Å². The predicted molar refractivity (Wildman–Crippen MR) is 123 cm³/mol. The molecule has 2 aromatic carbocycles. The van der Waals surface area contributed by atoms with Crippen LogP contribution in [0.2, 0.25) is 10.0 Å². The summed E-state index contributed by atoms with van der Waals surface area (Å²) in [5.41, 5.74) is 3.07. The minimum atomic E-state index is 0.00492. The Morgan fingerprint density at radius 1 is 1.07 bits per heavy atom. The number of nitrogens with zero attached hydrogens (tertiary/aromatic N) is 2. The number of fused-ring (bicyclic) bond motifs is 3. The fourth-order valence-electron chi connectivity index (χ4n) is 3.71. The van der Waals surface area contributed by atoms with Crippen LogP contribution in [0, 0.1) is 0 Å². The van der Waals surface area contributed by atoms with Gasteiger partial charge < -0.3 is 0 Å². The molecule has 0 unspecified atom stereocenters. The third kappa shape index (κ3) is 3.61. The molecule has 3 nitrogen and oxygen atoms in total. The Kier molecular flexibility index (Phi) is 5.16. The monoisotopic (exact) mass is 458 g/mol. The average Bonchev–Trinajstić information content (AvgIpc) is 3.28. The summed E-state index contributed by atoms with van der Waals surface area (Å²) in [5.74, 6) is 0.678. The Morgan fingerprint density at radius 3 is 2.69 bits per heavy atom. The lowest BCUT2D eigenvalue weighted by Crippen LogP contribution is -2.21. The molecule has 0 atom stereocenters. The zero-order chi connectivity index (χ0) is 20.0. The minimum Gasteiger partial charge on any atom is -0.268 e. The maximum Gasteiger partial charge on any atom is 0.267 e. The highest BCUT2D eigenvalue weighted by Crippen LogP contribution is 2.36. The molecule has 7 heteroatoms. The molecule has 1 aliphatic rings. The molecule has 0 radical (unpaired) electrons. The first-order valence-corrected chi connectivity index (χ1v) is 11.9. The van der Waals surface area contributed by atoms with Gasteiger partial charge in [0.15, 0.2) is 5.16 Å². The molecule has 0 aliphatic heterocycles. The largest absolute Gasteiger partial charge is 0.268 e. The van der Waals surface area contributed by atoms with Crippen LogP contribution in [-0.2, 0) is 18.6 Å². The summed E-state index contributed by atoms with van der Waals surface area (Å²) in [6, 6.07) is 15.1. The molecule has 5 rings (SSSR count). The zero-order valence-electron chi connectivity index (χ0n) is 15.3. The molecular weight excluding hydrogens is 443 g/mol. The van der Waals surface area contributed by atoms with Crippen molar-refractivity contribution in [2.24, 2.45) is 0 Å². The summed E-state index contributed by atoms with van der Waals surface area (Å²) in [4.78, 5) is 20.7. The SMILES string of the molecule is O=c1c2c3c(sc2nc(SCc2cccc(Cl)c2)n1-c1ccc(Cl)cc1)CCC3. The second-order valence-corrected chi connectivity index (χ2v) is 9.87. The van der Waals surface area contributed by atoms with Crippen LogP contribution in [0.5, 0.6) is 0 Å². The Hall–Kier alpha value is -1.79. The number of aromatic nitrogens is 2. The normalized spacial score (nSPS) is 13.2. The van der Waals surface area contributed by atoms with Gasteiger partial charge in [-0.2, -0.15) is 0 Å². The Morgan fingerprint density at radius 2 is 1.90 bits per heavy atom. The van der Waals surface area contributed by atoms with Crippen molar-refractivity contribution in [1.29, 1.82) is 0 Å². The first-order valence-electron chi connectivity index (χ1n) is 9.30. The van der Waals surface area contributed by atoms with Gasteiger partial charge in [-0.15, -0.1) is 11.3 Å². The number of halogens is 2. The highest BCUT2D eigenvalue weighted by Gasteiger charge is 2.24. The highest BCUT2D eigenvalue weighted by atomic mass is 35.5. The summed E-state index contributed by atoms with van der Waals surface area (Å²) >= 11 is 15.4. The van der Waals surface area contributed by atoms with Gasteiger partial charge in [-0.3, -0.25) is 9.36 Å². The molecule has 0 saturated carbocycles. The van der Waals surface area contributed by atoms with Crippen molar-refractivity contribution in [2.45, 2.75) is 30.2 Å². The van der Waals surface area contributed by atoms with Crippen LogP contribution in [0.3, 0.4) is 0 Å². The molecular formula is C22H16Cl2N2OS2. The van der Waals surface area contributed by atoms with Crippen molar-refractivity contribution in [1.82, 2.24) is 9.55 Å². The van der Waals surface area contributed by atoms with E-state index in [4.69, 9.17) is 28.2 Å². The number of aryl methyl sites for hydroxylation is 2. The third-order valence-corrected chi connectivity index (χ3v) is 7.73. The molecule has 0 saturated heterocycles. The van der Waals surface area contributed by atoms with Crippen molar-refractivity contribution in [2.75, 3.05) is 0 Å². The van der Waals surface area contributed by atoms with E-state index in [1.165, 1.54) is 10.4 Å². The number of thioether (sulfide) groups is 1. The molecule has 0 spiro atoms. The van der Waals surface area contributed by atoms with E-state index in [1.54, 1.807) is 39.8 Å². The number of rotatable bonds is 4. The maximum atomic E-state index is 13.6. The molecule has 4 aromatic rings. The fraction of sp³-hybridized carbons (Fsp3) is 0.182. The lowest BCUT2D eigenvalue weighted by atomic mass is 10.2. The number of thiophene rings is 1. The van der Waals surface area contributed by atoms with Crippen LogP contribution >= 0.6 is 46.3 Å². The van der Waals surface area contributed by atoms with Gasteiger partial charge in [-0.1, -0.05) is 47.1 Å². The molecule has 1 aliphatic carbocycles. The Balaban J connectivity index is 1.65. The van der Waals surface area contributed by atoms with Gasteiger partial charge in [-0.25, -0.2) is 4.98 Å².